The van der Waals surface area contributed by atoms with Gasteiger partial charge in [0, 0.05) is 0 Å². The Bertz CT molecular complexity index is 303. The van der Waals surface area contributed by atoms with Crippen LogP contribution in [0, 0.1) is 0 Å². The molecular formula is C17H28O3. The molecule has 0 heterocycles. The summed E-state index contributed by atoms with van der Waals surface area (Å²) in [5, 5.41) is 8.36. The summed E-state index contributed by atoms with van der Waals surface area (Å²) in [4.78, 5) is 10.2. The molecule has 0 aliphatic carbocycles. The summed E-state index contributed by atoms with van der Waals surface area (Å²) >= 11 is 0. The van der Waals surface area contributed by atoms with E-state index in [1.807, 2.05) is 6.08 Å². The van der Waals surface area contributed by atoms with Gasteiger partial charge in [-0.25, -0.2) is 4.79 Å². The van der Waals surface area contributed by atoms with Gasteiger partial charge in [-0.05, 0) is 32.1 Å². The molecule has 3 nitrogen and oxygen atoms in total. The topological polar surface area (TPSA) is 46.5 Å². The highest BCUT2D eigenvalue weighted by atomic mass is 16.5. The van der Waals surface area contributed by atoms with Gasteiger partial charge in [0.25, 0.3) is 0 Å². The van der Waals surface area contributed by atoms with Crippen molar-refractivity contribution in [3.05, 3.63) is 36.5 Å². The molecule has 0 aliphatic heterocycles. The minimum atomic E-state index is -0.917. The highest BCUT2D eigenvalue weighted by molar-refractivity contribution is 5.67. The number of carboxylic acids is 1. The highest BCUT2D eigenvalue weighted by Gasteiger charge is 1.93. The second-order valence-electron chi connectivity index (χ2n) is 4.62. The Hall–Kier alpha value is -1.35. The van der Waals surface area contributed by atoms with Crippen LogP contribution in [0.15, 0.2) is 36.5 Å². The van der Waals surface area contributed by atoms with E-state index in [0.717, 1.165) is 19.3 Å². The maximum atomic E-state index is 10.2. The Kier molecular flexibility index (Phi) is 14.6. The molecule has 0 unspecified atom stereocenters. The van der Waals surface area contributed by atoms with Gasteiger partial charge in [-0.1, -0.05) is 56.2 Å². The molecule has 20 heavy (non-hydrogen) atoms. The van der Waals surface area contributed by atoms with Crippen LogP contribution in [0.1, 0.15) is 51.9 Å². The number of unbranched alkanes of at least 4 members (excludes halogenated alkanes) is 3. The normalized spacial score (nSPS) is 12.1. The molecule has 0 rings (SSSR count). The minimum absolute atomic E-state index is 0.210. The first-order valence-electron chi connectivity index (χ1n) is 7.52. The fourth-order valence-corrected chi connectivity index (χ4v) is 1.60. The second kappa shape index (κ2) is 15.7. The van der Waals surface area contributed by atoms with Gasteiger partial charge in [0.05, 0.1) is 6.61 Å². The van der Waals surface area contributed by atoms with Crippen LogP contribution in [0.5, 0.6) is 0 Å². The summed E-state index contributed by atoms with van der Waals surface area (Å²) in [6.45, 7) is 2.48. The van der Waals surface area contributed by atoms with E-state index in [9.17, 15) is 4.79 Å². The summed E-state index contributed by atoms with van der Waals surface area (Å²) in [5.74, 6) is -0.917. The lowest BCUT2D eigenvalue weighted by Crippen LogP contribution is -2.07. The molecule has 0 aliphatic rings. The van der Waals surface area contributed by atoms with E-state index >= 15 is 0 Å². The van der Waals surface area contributed by atoms with E-state index in [1.165, 1.54) is 25.7 Å². The van der Waals surface area contributed by atoms with E-state index in [0.29, 0.717) is 6.61 Å². The van der Waals surface area contributed by atoms with Crippen molar-refractivity contribution in [1.82, 2.24) is 0 Å². The average molecular weight is 280 g/mol. The standard InChI is InChI=1S/C17H28O3/c1-2-3-4-5-6-7-8-9-10-11-12-13-14-15-20-16-17(18)19/h6-7,9-10,12-13H,2-5,8,11,14-16H2,1H3,(H,18,19). The predicted octanol–water partition coefficient (Wildman–Crippen LogP) is 4.51. The molecule has 0 amide bonds. The number of carbonyl (C=O) groups is 1. The van der Waals surface area contributed by atoms with Crippen molar-refractivity contribution >= 4 is 5.97 Å². The first kappa shape index (κ1) is 18.7. The summed E-state index contributed by atoms with van der Waals surface area (Å²) in [5.41, 5.74) is 0. The second-order valence-corrected chi connectivity index (χ2v) is 4.62. The lowest BCUT2D eigenvalue weighted by molar-refractivity contribution is -0.142. The molecule has 0 fully saturated rings. The zero-order valence-corrected chi connectivity index (χ0v) is 12.6. The number of hydrogen-bond donors (Lipinski definition) is 1. The average Bonchev–Trinajstić information content (AvgIpc) is 2.43. The largest absolute Gasteiger partial charge is 0.480 e. The third-order valence-corrected chi connectivity index (χ3v) is 2.67. The van der Waals surface area contributed by atoms with Gasteiger partial charge in [-0.2, -0.15) is 0 Å². The number of carboxylic acid groups (broad SMARTS) is 1. The molecule has 0 spiro atoms. The molecule has 0 aromatic carbocycles. The van der Waals surface area contributed by atoms with Crippen LogP contribution in [-0.4, -0.2) is 24.3 Å². The third kappa shape index (κ3) is 16.6. The molecule has 0 aromatic heterocycles. The Morgan fingerprint density at radius 1 is 0.950 bits per heavy atom. The van der Waals surface area contributed by atoms with Gasteiger partial charge in [0.1, 0.15) is 6.61 Å². The monoisotopic (exact) mass is 280 g/mol. The van der Waals surface area contributed by atoms with Crippen LogP contribution >= 0.6 is 0 Å². The van der Waals surface area contributed by atoms with Crippen molar-refractivity contribution in [2.75, 3.05) is 13.2 Å². The van der Waals surface area contributed by atoms with E-state index in [2.05, 4.69) is 37.3 Å². The molecule has 1 N–H and O–H groups in total. The molecule has 0 aromatic rings. The van der Waals surface area contributed by atoms with E-state index in [1.54, 1.807) is 0 Å². The minimum Gasteiger partial charge on any atom is -0.480 e. The van der Waals surface area contributed by atoms with Crippen LogP contribution in [0.3, 0.4) is 0 Å². The first-order chi connectivity index (χ1) is 9.77. The number of aliphatic carboxylic acids is 1. The van der Waals surface area contributed by atoms with E-state index < -0.39 is 5.97 Å². The van der Waals surface area contributed by atoms with Crippen molar-refractivity contribution < 1.29 is 14.6 Å². The van der Waals surface area contributed by atoms with Crippen LogP contribution < -0.4 is 0 Å². The van der Waals surface area contributed by atoms with Gasteiger partial charge < -0.3 is 9.84 Å². The molecular weight excluding hydrogens is 252 g/mol. The molecule has 0 bridgehead atoms. The fraction of sp³-hybridized carbons (Fsp3) is 0.588. The smallest absolute Gasteiger partial charge is 0.329 e. The number of allylic oxidation sites excluding steroid dienone is 5. The molecule has 0 saturated heterocycles. The number of hydrogen-bond acceptors (Lipinski definition) is 2. The summed E-state index contributed by atoms with van der Waals surface area (Å²) in [7, 11) is 0. The third-order valence-electron chi connectivity index (χ3n) is 2.67. The van der Waals surface area contributed by atoms with Crippen molar-refractivity contribution in [1.29, 1.82) is 0 Å². The van der Waals surface area contributed by atoms with Gasteiger partial charge in [-0.3, -0.25) is 0 Å². The lowest BCUT2D eigenvalue weighted by atomic mass is 10.2. The van der Waals surface area contributed by atoms with Crippen LogP contribution in [0.25, 0.3) is 0 Å². The zero-order valence-electron chi connectivity index (χ0n) is 12.6. The molecule has 114 valence electrons. The molecule has 3 heteroatoms. The first-order valence-corrected chi connectivity index (χ1v) is 7.52. The van der Waals surface area contributed by atoms with Crippen molar-refractivity contribution in [3.63, 3.8) is 0 Å². The highest BCUT2D eigenvalue weighted by Crippen LogP contribution is 2.00. The van der Waals surface area contributed by atoms with Gasteiger partial charge in [0.2, 0.25) is 0 Å². The number of rotatable bonds is 13. The van der Waals surface area contributed by atoms with Gasteiger partial charge in [0.15, 0.2) is 0 Å². The Morgan fingerprint density at radius 3 is 2.15 bits per heavy atom. The Labute approximate surface area is 123 Å². The van der Waals surface area contributed by atoms with Crippen molar-refractivity contribution in [3.8, 4) is 0 Å². The maximum Gasteiger partial charge on any atom is 0.329 e. The quantitative estimate of drug-likeness (QED) is 0.399. The fourth-order valence-electron chi connectivity index (χ4n) is 1.60. The van der Waals surface area contributed by atoms with Crippen LogP contribution in [-0.2, 0) is 9.53 Å². The van der Waals surface area contributed by atoms with Crippen LogP contribution in [0.4, 0.5) is 0 Å². The van der Waals surface area contributed by atoms with Gasteiger partial charge >= 0.3 is 5.97 Å². The van der Waals surface area contributed by atoms with Gasteiger partial charge in [-0.15, -0.1) is 0 Å². The molecule has 0 saturated carbocycles. The summed E-state index contributed by atoms with van der Waals surface area (Å²) in [6, 6.07) is 0. The molecule has 0 radical (unpaired) electrons. The Balaban J connectivity index is 3.32. The van der Waals surface area contributed by atoms with Crippen molar-refractivity contribution in [2.45, 2.75) is 51.9 Å². The van der Waals surface area contributed by atoms with Crippen LogP contribution in [0.2, 0.25) is 0 Å². The lowest BCUT2D eigenvalue weighted by Gasteiger charge is -1.95. The summed E-state index contributed by atoms with van der Waals surface area (Å²) < 4.78 is 4.92. The Morgan fingerprint density at radius 2 is 1.55 bits per heavy atom. The molecule has 0 atom stereocenters. The summed E-state index contributed by atoms with van der Waals surface area (Å²) in [6.07, 6.45) is 20.7. The van der Waals surface area contributed by atoms with E-state index in [4.69, 9.17) is 9.84 Å². The SMILES string of the molecule is CCCCCC=CCC=CCC=CCCOCC(=O)O. The number of ether oxygens (including phenoxy) is 1. The predicted molar refractivity (Wildman–Crippen MR) is 83.9 cm³/mol. The van der Waals surface area contributed by atoms with Crippen molar-refractivity contribution in [2.24, 2.45) is 0 Å². The van der Waals surface area contributed by atoms with E-state index in [-0.39, 0.29) is 6.61 Å². The zero-order chi connectivity index (χ0) is 14.9. The maximum absolute atomic E-state index is 10.2.